The van der Waals surface area contributed by atoms with Gasteiger partial charge < -0.3 is 19.7 Å². The maximum atomic E-state index is 14.8. The SMILES string of the molecule is CC(=O)N1CC[C@H](Oc2cc3c(N[C@H](C)c4cccc(C(F)F)c4F)ccnc3cc2OC2CN(C)C2)C1. The lowest BCUT2D eigenvalue weighted by Crippen LogP contribution is -2.51. The van der Waals surface area contributed by atoms with Crippen LogP contribution in [0.4, 0.5) is 18.9 Å². The third kappa shape index (κ3) is 5.36. The first-order valence-corrected chi connectivity index (χ1v) is 12.7. The van der Waals surface area contributed by atoms with E-state index in [2.05, 4.69) is 15.2 Å². The summed E-state index contributed by atoms with van der Waals surface area (Å²) in [5, 5.41) is 3.98. The zero-order chi connectivity index (χ0) is 27.0. The average Bonchev–Trinajstić information content (AvgIpc) is 3.32. The number of carbonyl (C=O) groups excluding carboxylic acids is 1. The number of alkyl halides is 2. The van der Waals surface area contributed by atoms with Gasteiger partial charge in [-0.2, -0.15) is 0 Å². The molecule has 2 aliphatic heterocycles. The molecule has 2 aromatic carbocycles. The molecule has 2 aliphatic rings. The normalized spacial score (nSPS) is 19.0. The highest BCUT2D eigenvalue weighted by molar-refractivity contribution is 5.93. The average molecular weight is 529 g/mol. The Morgan fingerprint density at radius 2 is 1.79 bits per heavy atom. The highest BCUT2D eigenvalue weighted by Gasteiger charge is 2.30. The van der Waals surface area contributed by atoms with Gasteiger partial charge in [0, 0.05) is 61.9 Å². The van der Waals surface area contributed by atoms with Gasteiger partial charge in [0.15, 0.2) is 11.5 Å². The molecule has 0 unspecified atom stereocenters. The van der Waals surface area contributed by atoms with Crippen LogP contribution in [0.2, 0.25) is 0 Å². The molecule has 1 N–H and O–H groups in total. The maximum Gasteiger partial charge on any atom is 0.266 e. The zero-order valence-electron chi connectivity index (χ0n) is 21.6. The molecule has 2 saturated heterocycles. The smallest absolute Gasteiger partial charge is 0.266 e. The largest absolute Gasteiger partial charge is 0.485 e. The minimum absolute atomic E-state index is 0.0106. The molecule has 0 aliphatic carbocycles. The van der Waals surface area contributed by atoms with Gasteiger partial charge in [0.2, 0.25) is 5.91 Å². The van der Waals surface area contributed by atoms with E-state index >= 15 is 0 Å². The number of rotatable bonds is 8. The number of halogens is 3. The Balaban J connectivity index is 1.46. The molecular weight excluding hydrogens is 497 g/mol. The second kappa shape index (κ2) is 10.7. The molecule has 5 rings (SSSR count). The van der Waals surface area contributed by atoms with Crippen molar-refractivity contribution in [3.8, 4) is 11.5 Å². The number of fused-ring (bicyclic) bond motifs is 1. The molecule has 3 aromatic rings. The van der Waals surface area contributed by atoms with E-state index in [0.717, 1.165) is 24.5 Å². The van der Waals surface area contributed by atoms with Crippen LogP contribution in [0.15, 0.2) is 42.6 Å². The van der Waals surface area contributed by atoms with Gasteiger partial charge in [0.05, 0.1) is 23.7 Å². The second-order valence-electron chi connectivity index (χ2n) is 10.0. The maximum absolute atomic E-state index is 14.8. The van der Waals surface area contributed by atoms with Crippen molar-refractivity contribution >= 4 is 22.5 Å². The highest BCUT2D eigenvalue weighted by Crippen LogP contribution is 2.38. The number of benzene rings is 2. The summed E-state index contributed by atoms with van der Waals surface area (Å²) in [5.74, 6) is 0.209. The summed E-state index contributed by atoms with van der Waals surface area (Å²) >= 11 is 0. The Bertz CT molecular complexity index is 1330. The van der Waals surface area contributed by atoms with E-state index in [1.54, 1.807) is 31.0 Å². The van der Waals surface area contributed by atoms with Gasteiger partial charge in [0.1, 0.15) is 18.0 Å². The van der Waals surface area contributed by atoms with Gasteiger partial charge in [-0.3, -0.25) is 14.7 Å². The van der Waals surface area contributed by atoms with Gasteiger partial charge in [0.25, 0.3) is 6.43 Å². The molecule has 0 spiro atoms. The van der Waals surface area contributed by atoms with Crippen molar-refractivity contribution < 1.29 is 27.4 Å². The number of nitrogens with zero attached hydrogens (tertiary/aromatic N) is 3. The number of hydrogen-bond acceptors (Lipinski definition) is 6. The van der Waals surface area contributed by atoms with Crippen molar-refractivity contribution in [3.63, 3.8) is 0 Å². The molecule has 3 heterocycles. The predicted molar refractivity (Wildman–Crippen MR) is 138 cm³/mol. The van der Waals surface area contributed by atoms with Crippen LogP contribution in [0.3, 0.4) is 0 Å². The molecule has 38 heavy (non-hydrogen) atoms. The van der Waals surface area contributed by atoms with Crippen LogP contribution < -0.4 is 14.8 Å². The van der Waals surface area contributed by atoms with Crippen LogP contribution in [-0.2, 0) is 4.79 Å². The minimum atomic E-state index is -2.90. The van der Waals surface area contributed by atoms with Crippen molar-refractivity contribution in [2.45, 2.75) is 44.9 Å². The molecule has 7 nitrogen and oxygen atoms in total. The first-order chi connectivity index (χ1) is 18.2. The molecule has 0 saturated carbocycles. The van der Waals surface area contributed by atoms with Crippen LogP contribution in [-0.4, -0.2) is 66.1 Å². The lowest BCUT2D eigenvalue weighted by molar-refractivity contribution is -0.128. The molecule has 202 valence electrons. The summed E-state index contributed by atoms with van der Waals surface area (Å²) in [6.45, 7) is 5.99. The van der Waals surface area contributed by atoms with Crippen molar-refractivity contribution in [2.75, 3.05) is 38.5 Å². The molecule has 0 bridgehead atoms. The fourth-order valence-electron chi connectivity index (χ4n) is 5.03. The van der Waals surface area contributed by atoms with E-state index in [1.165, 1.54) is 12.1 Å². The van der Waals surface area contributed by atoms with E-state index in [0.29, 0.717) is 42.2 Å². The Labute approximate surface area is 219 Å². The standard InChI is InChI=1S/C28H31F3N4O3/c1-16(20-5-4-6-21(27(20)29)28(30)31)33-23-7-9-32-24-12-26(38-19-13-34(3)14-19)25(11-22(23)24)37-18-8-10-35(15-18)17(2)36/h4-7,9,11-12,16,18-19,28H,8,10,13-15H2,1-3H3,(H,32,33)/t16-,18+/m1/s1. The van der Waals surface area contributed by atoms with E-state index in [4.69, 9.17) is 9.47 Å². The van der Waals surface area contributed by atoms with Gasteiger partial charge >= 0.3 is 0 Å². The minimum Gasteiger partial charge on any atom is -0.485 e. The third-order valence-corrected chi connectivity index (χ3v) is 7.15. The van der Waals surface area contributed by atoms with Gasteiger partial charge in [-0.1, -0.05) is 18.2 Å². The number of likely N-dealkylation sites (tertiary alicyclic amines) is 2. The van der Waals surface area contributed by atoms with Crippen molar-refractivity contribution in [3.05, 3.63) is 59.5 Å². The number of aromatic nitrogens is 1. The van der Waals surface area contributed by atoms with Crippen LogP contribution in [0.1, 0.15) is 43.9 Å². The molecule has 1 aromatic heterocycles. The number of pyridine rings is 1. The molecule has 10 heteroatoms. The van der Waals surface area contributed by atoms with Crippen LogP contribution in [0.5, 0.6) is 11.5 Å². The number of nitrogens with one attached hydrogen (secondary N) is 1. The van der Waals surface area contributed by atoms with E-state index in [1.807, 2.05) is 19.2 Å². The van der Waals surface area contributed by atoms with Gasteiger partial charge in [-0.25, -0.2) is 13.2 Å². The van der Waals surface area contributed by atoms with Crippen molar-refractivity contribution in [2.24, 2.45) is 0 Å². The predicted octanol–water partition coefficient (Wildman–Crippen LogP) is 5.18. The summed E-state index contributed by atoms with van der Waals surface area (Å²) in [5.41, 5.74) is 0.830. The summed E-state index contributed by atoms with van der Waals surface area (Å²) < 4.78 is 53.9. The molecule has 2 atom stereocenters. The zero-order valence-corrected chi connectivity index (χ0v) is 21.6. The molecule has 0 radical (unpaired) electrons. The quantitative estimate of drug-likeness (QED) is 0.435. The summed E-state index contributed by atoms with van der Waals surface area (Å²) in [6, 6.07) is 8.86. The topological polar surface area (TPSA) is 66.9 Å². The number of likely N-dealkylation sites (N-methyl/N-ethyl adjacent to an activating group) is 1. The molecule has 1 amide bonds. The fraction of sp³-hybridized carbons (Fsp3) is 0.429. The summed E-state index contributed by atoms with van der Waals surface area (Å²) in [7, 11) is 2.02. The lowest BCUT2D eigenvalue weighted by Gasteiger charge is -2.36. The molecular formula is C28H31F3N4O3. The highest BCUT2D eigenvalue weighted by atomic mass is 19.3. The number of amides is 1. The van der Waals surface area contributed by atoms with Crippen molar-refractivity contribution in [1.29, 1.82) is 0 Å². The fourth-order valence-corrected chi connectivity index (χ4v) is 5.03. The first-order valence-electron chi connectivity index (χ1n) is 12.7. The number of ether oxygens (including phenoxy) is 2. The molecule has 2 fully saturated rings. The summed E-state index contributed by atoms with van der Waals surface area (Å²) in [6.07, 6.45) is -0.707. The Morgan fingerprint density at radius 1 is 1.08 bits per heavy atom. The number of hydrogen-bond donors (Lipinski definition) is 1. The monoisotopic (exact) mass is 528 g/mol. The first kappa shape index (κ1) is 26.1. The lowest BCUT2D eigenvalue weighted by atomic mass is 10.0. The van der Waals surface area contributed by atoms with Crippen LogP contribution in [0, 0.1) is 5.82 Å². The van der Waals surface area contributed by atoms with E-state index < -0.39 is 23.8 Å². The Morgan fingerprint density at radius 3 is 2.47 bits per heavy atom. The summed E-state index contributed by atoms with van der Waals surface area (Å²) in [4.78, 5) is 20.2. The number of anilines is 1. The second-order valence-corrected chi connectivity index (χ2v) is 10.0. The number of carbonyl (C=O) groups is 1. The Kier molecular flexibility index (Phi) is 7.34. The van der Waals surface area contributed by atoms with Gasteiger partial charge in [-0.05, 0) is 26.1 Å². The third-order valence-electron chi connectivity index (χ3n) is 7.15. The van der Waals surface area contributed by atoms with E-state index in [9.17, 15) is 18.0 Å². The van der Waals surface area contributed by atoms with Crippen LogP contribution in [0.25, 0.3) is 10.9 Å². The van der Waals surface area contributed by atoms with E-state index in [-0.39, 0.29) is 23.7 Å². The van der Waals surface area contributed by atoms with Crippen molar-refractivity contribution in [1.82, 2.24) is 14.8 Å². The van der Waals surface area contributed by atoms with Crippen LogP contribution >= 0.6 is 0 Å². The Hall–Kier alpha value is -3.53. The van der Waals surface area contributed by atoms with Gasteiger partial charge in [-0.15, -0.1) is 0 Å².